The smallest absolute Gasteiger partial charge is 0.252 e. The molecule has 1 aliphatic rings. The highest BCUT2D eigenvalue weighted by Gasteiger charge is 2.37. The highest BCUT2D eigenvalue weighted by molar-refractivity contribution is 5.89. The van der Waals surface area contributed by atoms with Crippen LogP contribution in [0.1, 0.15) is 54.3 Å². The van der Waals surface area contributed by atoms with E-state index in [1.165, 1.54) is 22.3 Å². The lowest BCUT2D eigenvalue weighted by Crippen LogP contribution is -2.58. The van der Waals surface area contributed by atoms with Crippen molar-refractivity contribution in [1.82, 2.24) is 14.5 Å². The molecule has 1 aliphatic heterocycles. The number of aryl methyl sites for hydroxylation is 3. The molecule has 5 rings (SSSR count). The van der Waals surface area contributed by atoms with Gasteiger partial charge < -0.3 is 9.47 Å². The molecule has 0 aliphatic carbocycles. The van der Waals surface area contributed by atoms with E-state index in [4.69, 9.17) is 0 Å². The normalized spacial score (nSPS) is 18.2. The van der Waals surface area contributed by atoms with Gasteiger partial charge in [0.15, 0.2) is 0 Å². The van der Waals surface area contributed by atoms with Crippen LogP contribution in [0.2, 0.25) is 0 Å². The van der Waals surface area contributed by atoms with E-state index >= 15 is 0 Å². The molecule has 1 saturated heterocycles. The highest BCUT2D eigenvalue weighted by Crippen LogP contribution is 2.37. The molecule has 0 saturated carbocycles. The molecule has 6 nitrogen and oxygen atoms in total. The second kappa shape index (κ2) is 10.4. The van der Waals surface area contributed by atoms with E-state index in [1.54, 1.807) is 23.7 Å². The van der Waals surface area contributed by atoms with Crippen LogP contribution in [0.25, 0.3) is 11.0 Å². The predicted molar refractivity (Wildman–Crippen MR) is 153 cm³/mol. The van der Waals surface area contributed by atoms with Gasteiger partial charge in [0, 0.05) is 38.3 Å². The van der Waals surface area contributed by atoms with Crippen molar-refractivity contribution in [2.45, 2.75) is 52.2 Å². The Morgan fingerprint density at radius 3 is 2.13 bits per heavy atom. The van der Waals surface area contributed by atoms with Crippen LogP contribution in [0.4, 0.5) is 5.69 Å². The summed E-state index contributed by atoms with van der Waals surface area (Å²) in [6.45, 7) is 10.3. The molecule has 0 bridgehead atoms. The van der Waals surface area contributed by atoms with Crippen LogP contribution in [0.3, 0.4) is 0 Å². The number of fused-ring (bicyclic) bond motifs is 1. The van der Waals surface area contributed by atoms with Gasteiger partial charge in [0.25, 0.3) is 5.56 Å². The first-order valence-electron chi connectivity index (χ1n) is 13.4. The number of hydrogen-bond donors (Lipinski definition) is 0. The fourth-order valence-corrected chi connectivity index (χ4v) is 5.75. The van der Waals surface area contributed by atoms with Gasteiger partial charge in [-0.2, -0.15) is 5.26 Å². The van der Waals surface area contributed by atoms with Gasteiger partial charge in [-0.15, -0.1) is 0 Å². The fourth-order valence-electron chi connectivity index (χ4n) is 5.75. The van der Waals surface area contributed by atoms with Crippen molar-refractivity contribution in [2.24, 2.45) is 7.05 Å². The van der Waals surface area contributed by atoms with Crippen LogP contribution in [-0.4, -0.2) is 39.6 Å². The van der Waals surface area contributed by atoms with Gasteiger partial charge in [0.1, 0.15) is 17.3 Å². The Balaban J connectivity index is 1.58. The third kappa shape index (κ3) is 4.70. The monoisotopic (exact) mass is 505 g/mol. The van der Waals surface area contributed by atoms with Crippen molar-refractivity contribution in [2.75, 3.05) is 18.0 Å². The van der Waals surface area contributed by atoms with Gasteiger partial charge >= 0.3 is 0 Å². The minimum Gasteiger partial charge on any atom is -0.364 e. The Bertz CT molecular complexity index is 1500. The van der Waals surface area contributed by atoms with E-state index in [2.05, 4.69) is 97.1 Å². The molecule has 1 fully saturated rings. The summed E-state index contributed by atoms with van der Waals surface area (Å²) in [6.07, 6.45) is 0.969. The van der Waals surface area contributed by atoms with Crippen molar-refractivity contribution < 1.29 is 0 Å². The number of hydrogen-bond acceptors (Lipinski definition) is 5. The van der Waals surface area contributed by atoms with Gasteiger partial charge in [-0.1, -0.05) is 66.6 Å². The second-order valence-corrected chi connectivity index (χ2v) is 10.6. The highest BCUT2D eigenvalue weighted by atomic mass is 16.1. The maximum atomic E-state index is 12.9. The number of aromatic nitrogens is 2. The van der Waals surface area contributed by atoms with Crippen LogP contribution in [-0.2, 0) is 7.05 Å². The zero-order valence-corrected chi connectivity index (χ0v) is 22.8. The number of anilines is 1. The quantitative estimate of drug-likeness (QED) is 0.358. The fraction of sp³-hybridized carbons (Fsp3) is 0.344. The first kappa shape index (κ1) is 25.7. The van der Waals surface area contributed by atoms with Crippen LogP contribution in [0.15, 0.2) is 71.5 Å². The molecule has 2 aromatic carbocycles. The molecule has 4 aromatic rings. The number of pyridine rings is 2. The minimum absolute atomic E-state index is 0.0705. The molecule has 38 heavy (non-hydrogen) atoms. The lowest BCUT2D eigenvalue weighted by molar-refractivity contribution is 0.116. The summed E-state index contributed by atoms with van der Waals surface area (Å²) in [5.41, 5.74) is 7.63. The van der Waals surface area contributed by atoms with Crippen LogP contribution < -0.4 is 10.5 Å². The molecule has 194 valence electrons. The number of rotatable bonds is 5. The third-order valence-corrected chi connectivity index (χ3v) is 7.97. The summed E-state index contributed by atoms with van der Waals surface area (Å²) in [4.78, 5) is 22.5. The molecule has 0 amide bonds. The lowest BCUT2D eigenvalue weighted by Gasteiger charge is -2.49. The standard InChI is InChI=1S/C32H35N5O/c1-6-27-20-36(29-17-30(38)35(5)28-16-15-26(18-33)34-31(28)29)23(4)19-37(27)32(24-11-7-21(2)8-12-24)25-13-9-22(3)10-14-25/h7-17,23,27,32H,6,19-20H2,1-5H3/t23-,27+/m0/s1. The molecule has 2 atom stereocenters. The Morgan fingerprint density at radius 1 is 0.974 bits per heavy atom. The zero-order valence-electron chi connectivity index (χ0n) is 22.8. The summed E-state index contributed by atoms with van der Waals surface area (Å²) in [7, 11) is 1.76. The van der Waals surface area contributed by atoms with Crippen molar-refractivity contribution in [1.29, 1.82) is 5.26 Å². The first-order valence-corrected chi connectivity index (χ1v) is 13.4. The molecule has 0 N–H and O–H groups in total. The molecular formula is C32H35N5O. The predicted octanol–water partition coefficient (Wildman–Crippen LogP) is 5.50. The van der Waals surface area contributed by atoms with E-state index in [0.717, 1.165) is 30.7 Å². The summed E-state index contributed by atoms with van der Waals surface area (Å²) in [6, 6.07) is 25.7. The molecule has 0 spiro atoms. The first-order chi connectivity index (χ1) is 18.3. The Hall–Kier alpha value is -3.95. The average Bonchev–Trinajstić information content (AvgIpc) is 2.93. The van der Waals surface area contributed by atoms with E-state index in [0.29, 0.717) is 11.2 Å². The van der Waals surface area contributed by atoms with Gasteiger partial charge in [0.2, 0.25) is 0 Å². The molecule has 0 radical (unpaired) electrons. The van der Waals surface area contributed by atoms with E-state index in [-0.39, 0.29) is 23.7 Å². The Kier molecular flexibility index (Phi) is 7.05. The minimum atomic E-state index is -0.0705. The van der Waals surface area contributed by atoms with Crippen molar-refractivity contribution >= 4 is 16.7 Å². The number of piperazine rings is 1. The number of nitriles is 1. The van der Waals surface area contributed by atoms with Gasteiger partial charge in [-0.25, -0.2) is 4.98 Å². The van der Waals surface area contributed by atoms with Gasteiger partial charge in [0.05, 0.1) is 17.2 Å². The Morgan fingerprint density at radius 2 is 1.58 bits per heavy atom. The lowest BCUT2D eigenvalue weighted by atomic mass is 9.91. The zero-order chi connectivity index (χ0) is 27.0. The molecule has 0 unspecified atom stereocenters. The molecule has 6 heteroatoms. The molecule has 3 heterocycles. The van der Waals surface area contributed by atoms with Crippen LogP contribution in [0.5, 0.6) is 0 Å². The van der Waals surface area contributed by atoms with Gasteiger partial charge in [-0.3, -0.25) is 9.69 Å². The maximum Gasteiger partial charge on any atom is 0.252 e. The van der Waals surface area contributed by atoms with Crippen molar-refractivity contribution in [3.05, 3.63) is 105 Å². The van der Waals surface area contributed by atoms with Crippen molar-refractivity contribution in [3.63, 3.8) is 0 Å². The Labute approximate surface area is 224 Å². The third-order valence-electron chi connectivity index (χ3n) is 7.97. The maximum absolute atomic E-state index is 12.9. The molecular weight excluding hydrogens is 470 g/mol. The number of nitrogens with zero attached hydrogens (tertiary/aromatic N) is 5. The summed E-state index contributed by atoms with van der Waals surface area (Å²) < 4.78 is 1.61. The summed E-state index contributed by atoms with van der Waals surface area (Å²) >= 11 is 0. The number of benzene rings is 2. The van der Waals surface area contributed by atoms with Gasteiger partial charge in [-0.05, 0) is 50.5 Å². The van der Waals surface area contributed by atoms with E-state index in [9.17, 15) is 10.1 Å². The largest absolute Gasteiger partial charge is 0.364 e. The van der Waals surface area contributed by atoms with Crippen LogP contribution >= 0.6 is 0 Å². The van der Waals surface area contributed by atoms with Crippen molar-refractivity contribution in [3.8, 4) is 6.07 Å². The van der Waals surface area contributed by atoms with E-state index in [1.807, 2.05) is 6.07 Å². The topological polar surface area (TPSA) is 65.2 Å². The van der Waals surface area contributed by atoms with Crippen LogP contribution in [0, 0.1) is 25.2 Å². The second-order valence-electron chi connectivity index (χ2n) is 10.6. The van der Waals surface area contributed by atoms with E-state index < -0.39 is 0 Å². The summed E-state index contributed by atoms with van der Waals surface area (Å²) in [5, 5.41) is 9.50. The summed E-state index contributed by atoms with van der Waals surface area (Å²) in [5.74, 6) is 0. The SMILES string of the molecule is CC[C@@H]1CN(c2cc(=O)n(C)c3ccc(C#N)nc23)[C@@H](C)CN1C(c1ccc(C)cc1)c1ccc(C)cc1. The molecule has 2 aromatic heterocycles. The average molecular weight is 506 g/mol.